The second-order valence-corrected chi connectivity index (χ2v) is 5.41. The minimum absolute atomic E-state index is 0.148. The summed E-state index contributed by atoms with van der Waals surface area (Å²) in [5.74, 6) is 2.29. The van der Waals surface area contributed by atoms with E-state index in [1.54, 1.807) is 11.8 Å². The molecule has 2 unspecified atom stereocenters. The molecule has 5 heteroatoms. The van der Waals surface area contributed by atoms with Crippen LogP contribution in [0.2, 0.25) is 0 Å². The molecule has 0 spiro atoms. The summed E-state index contributed by atoms with van der Waals surface area (Å²) in [6.45, 7) is 4.58. The van der Waals surface area contributed by atoms with E-state index >= 15 is 0 Å². The Kier molecular flexibility index (Phi) is 7.64. The van der Waals surface area contributed by atoms with Gasteiger partial charge in [-0.15, -0.1) is 0 Å². The van der Waals surface area contributed by atoms with E-state index in [4.69, 9.17) is 4.74 Å². The van der Waals surface area contributed by atoms with Gasteiger partial charge in [-0.25, -0.2) is 0 Å². The number of thioether (sulfide) groups is 1. The summed E-state index contributed by atoms with van der Waals surface area (Å²) in [7, 11) is 1.99. The van der Waals surface area contributed by atoms with E-state index in [0.717, 1.165) is 38.4 Å². The largest absolute Gasteiger partial charge is 0.381 e. The highest BCUT2D eigenvalue weighted by Crippen LogP contribution is 2.19. The zero-order chi connectivity index (χ0) is 12.5. The molecule has 4 nitrogen and oxygen atoms in total. The molecule has 1 rings (SSSR count). The van der Waals surface area contributed by atoms with Crippen LogP contribution < -0.4 is 10.6 Å². The predicted molar refractivity (Wildman–Crippen MR) is 72.4 cm³/mol. The molecule has 0 saturated carbocycles. The molecule has 2 N–H and O–H groups in total. The van der Waals surface area contributed by atoms with Crippen molar-refractivity contribution < 1.29 is 9.53 Å². The Morgan fingerprint density at radius 1 is 1.59 bits per heavy atom. The van der Waals surface area contributed by atoms with Crippen LogP contribution in [-0.2, 0) is 9.53 Å². The number of hydrogen-bond acceptors (Lipinski definition) is 4. The molecule has 0 bridgehead atoms. The van der Waals surface area contributed by atoms with Crippen molar-refractivity contribution in [2.45, 2.75) is 25.8 Å². The van der Waals surface area contributed by atoms with Crippen molar-refractivity contribution >= 4 is 17.7 Å². The van der Waals surface area contributed by atoms with Gasteiger partial charge in [-0.05, 0) is 19.9 Å². The van der Waals surface area contributed by atoms with Crippen LogP contribution >= 0.6 is 11.8 Å². The van der Waals surface area contributed by atoms with E-state index in [2.05, 4.69) is 17.6 Å². The fourth-order valence-electron chi connectivity index (χ4n) is 1.92. The van der Waals surface area contributed by atoms with Gasteiger partial charge in [0.05, 0.1) is 12.4 Å². The van der Waals surface area contributed by atoms with Gasteiger partial charge in [0.2, 0.25) is 5.91 Å². The third-order valence-electron chi connectivity index (χ3n) is 3.01. The first-order valence-corrected chi connectivity index (χ1v) is 7.52. The Labute approximate surface area is 108 Å². The molecule has 0 aromatic carbocycles. The third kappa shape index (κ3) is 5.75. The molecule has 1 aliphatic heterocycles. The Morgan fingerprint density at radius 2 is 2.41 bits per heavy atom. The van der Waals surface area contributed by atoms with Gasteiger partial charge in [0, 0.05) is 30.9 Å². The molecule has 0 aromatic heterocycles. The lowest BCUT2D eigenvalue weighted by Crippen LogP contribution is -2.36. The van der Waals surface area contributed by atoms with Crippen molar-refractivity contribution in [2.75, 3.05) is 38.3 Å². The molecule has 100 valence electrons. The van der Waals surface area contributed by atoms with E-state index in [0.29, 0.717) is 17.7 Å². The second kappa shape index (κ2) is 8.78. The summed E-state index contributed by atoms with van der Waals surface area (Å²) in [4.78, 5) is 11.4. The summed E-state index contributed by atoms with van der Waals surface area (Å²) in [5.41, 5.74) is 0. The van der Waals surface area contributed by atoms with Gasteiger partial charge in [-0.2, -0.15) is 11.8 Å². The van der Waals surface area contributed by atoms with Gasteiger partial charge in [-0.1, -0.05) is 6.92 Å². The maximum absolute atomic E-state index is 11.4. The summed E-state index contributed by atoms with van der Waals surface area (Å²) in [5, 5.41) is 6.22. The number of ether oxygens (including phenoxy) is 1. The Morgan fingerprint density at radius 3 is 3.00 bits per heavy atom. The van der Waals surface area contributed by atoms with E-state index < -0.39 is 0 Å². The van der Waals surface area contributed by atoms with E-state index in [1.165, 1.54) is 0 Å². The minimum atomic E-state index is 0.148. The highest BCUT2D eigenvalue weighted by atomic mass is 32.2. The molecule has 1 heterocycles. The zero-order valence-electron chi connectivity index (χ0n) is 10.8. The molecule has 1 saturated heterocycles. The van der Waals surface area contributed by atoms with Crippen molar-refractivity contribution in [1.29, 1.82) is 0 Å². The van der Waals surface area contributed by atoms with Crippen molar-refractivity contribution in [1.82, 2.24) is 10.6 Å². The van der Waals surface area contributed by atoms with Gasteiger partial charge < -0.3 is 15.4 Å². The van der Waals surface area contributed by atoms with Crippen LogP contribution in [0.1, 0.15) is 19.8 Å². The Balaban J connectivity index is 2.12. The summed E-state index contributed by atoms with van der Waals surface area (Å²) < 4.78 is 5.39. The molecule has 0 aliphatic carbocycles. The fraction of sp³-hybridized carbons (Fsp3) is 0.917. The highest BCUT2D eigenvalue weighted by Gasteiger charge is 2.24. The van der Waals surface area contributed by atoms with Crippen LogP contribution in [0.15, 0.2) is 0 Å². The minimum Gasteiger partial charge on any atom is -0.381 e. The fourth-order valence-corrected chi connectivity index (χ4v) is 3.02. The first kappa shape index (κ1) is 14.8. The van der Waals surface area contributed by atoms with Crippen LogP contribution in [0.4, 0.5) is 0 Å². The molecule has 0 aromatic rings. The summed E-state index contributed by atoms with van der Waals surface area (Å²) >= 11 is 1.70. The van der Waals surface area contributed by atoms with Crippen LogP contribution in [0.25, 0.3) is 0 Å². The third-order valence-corrected chi connectivity index (χ3v) is 4.07. The van der Waals surface area contributed by atoms with Gasteiger partial charge in [-0.3, -0.25) is 4.79 Å². The van der Waals surface area contributed by atoms with Gasteiger partial charge in [0.25, 0.3) is 0 Å². The van der Waals surface area contributed by atoms with Crippen LogP contribution in [0.5, 0.6) is 0 Å². The number of nitrogens with one attached hydrogen (secondary N) is 2. The Bertz CT molecular complexity index is 221. The molecule has 1 fully saturated rings. The van der Waals surface area contributed by atoms with Crippen molar-refractivity contribution in [3.8, 4) is 0 Å². The first-order chi connectivity index (χ1) is 8.27. The number of amides is 1. The summed E-state index contributed by atoms with van der Waals surface area (Å²) in [6, 6.07) is 0.460. The monoisotopic (exact) mass is 260 g/mol. The first-order valence-electron chi connectivity index (χ1n) is 6.37. The topological polar surface area (TPSA) is 50.4 Å². The van der Waals surface area contributed by atoms with Crippen LogP contribution in [0, 0.1) is 5.92 Å². The van der Waals surface area contributed by atoms with Crippen LogP contribution in [-0.4, -0.2) is 50.3 Å². The molecule has 17 heavy (non-hydrogen) atoms. The van der Waals surface area contributed by atoms with E-state index in [9.17, 15) is 4.79 Å². The number of hydrogen-bond donors (Lipinski definition) is 2. The number of rotatable bonds is 8. The summed E-state index contributed by atoms with van der Waals surface area (Å²) in [6.07, 6.45) is 2.13. The maximum Gasteiger partial charge on any atom is 0.229 e. The standard InChI is InChI=1S/C12H24N2O2S/c1-3-5-14-12(15)9-17-8-11(13-2)10-4-6-16-7-10/h10-11,13H,3-9H2,1-2H3,(H,14,15). The number of carbonyl (C=O) groups is 1. The van der Waals surface area contributed by atoms with Crippen molar-refractivity contribution in [2.24, 2.45) is 5.92 Å². The van der Waals surface area contributed by atoms with Crippen LogP contribution in [0.3, 0.4) is 0 Å². The van der Waals surface area contributed by atoms with E-state index in [-0.39, 0.29) is 5.91 Å². The molecule has 0 radical (unpaired) electrons. The molecule has 2 atom stereocenters. The predicted octanol–water partition coefficient (Wildman–Crippen LogP) is 0.870. The van der Waals surface area contributed by atoms with Gasteiger partial charge >= 0.3 is 0 Å². The molecule has 1 amide bonds. The lowest BCUT2D eigenvalue weighted by molar-refractivity contribution is -0.118. The molecule has 1 aliphatic rings. The van der Waals surface area contributed by atoms with Gasteiger partial charge in [0.15, 0.2) is 0 Å². The average Bonchev–Trinajstić information content (AvgIpc) is 2.85. The zero-order valence-corrected chi connectivity index (χ0v) is 11.6. The van der Waals surface area contributed by atoms with Crippen molar-refractivity contribution in [3.63, 3.8) is 0 Å². The SMILES string of the molecule is CCCNC(=O)CSCC(NC)C1CCOC1. The lowest BCUT2D eigenvalue weighted by atomic mass is 10.0. The van der Waals surface area contributed by atoms with Crippen molar-refractivity contribution in [3.05, 3.63) is 0 Å². The quantitative estimate of drug-likeness (QED) is 0.680. The second-order valence-electron chi connectivity index (χ2n) is 4.38. The molecular weight excluding hydrogens is 236 g/mol. The van der Waals surface area contributed by atoms with Gasteiger partial charge in [0.1, 0.15) is 0 Å². The highest BCUT2D eigenvalue weighted by molar-refractivity contribution is 8.00. The normalized spacial score (nSPS) is 21.4. The number of carbonyl (C=O) groups excluding carboxylic acids is 1. The maximum atomic E-state index is 11.4. The Hall–Kier alpha value is -0.260. The molecular formula is C12H24N2O2S. The average molecular weight is 260 g/mol. The van der Waals surface area contributed by atoms with E-state index in [1.807, 2.05) is 7.05 Å². The smallest absolute Gasteiger partial charge is 0.229 e. The lowest BCUT2D eigenvalue weighted by Gasteiger charge is -2.21.